The monoisotopic (exact) mass is 396 g/mol. The maximum absolute atomic E-state index is 13.0. The van der Waals surface area contributed by atoms with Crippen molar-refractivity contribution in [3.63, 3.8) is 0 Å². The van der Waals surface area contributed by atoms with Crippen LogP contribution in [-0.2, 0) is 0 Å². The van der Waals surface area contributed by atoms with Crippen LogP contribution >= 0.6 is 46.7 Å². The van der Waals surface area contributed by atoms with Crippen molar-refractivity contribution in [2.45, 2.75) is 17.2 Å². The van der Waals surface area contributed by atoms with Crippen LogP contribution in [0.1, 0.15) is 22.5 Å². The molecule has 0 bridgehead atoms. The second kappa shape index (κ2) is 8.15. The lowest BCUT2D eigenvalue weighted by Gasteiger charge is -2.00. The summed E-state index contributed by atoms with van der Waals surface area (Å²) in [6, 6.07) is 9.83. The zero-order valence-electron chi connectivity index (χ0n) is 12.5. The highest BCUT2D eigenvalue weighted by Gasteiger charge is 2.09. The van der Waals surface area contributed by atoms with Crippen LogP contribution in [0.3, 0.4) is 0 Å². The molecule has 2 heterocycles. The molecule has 8 heteroatoms. The number of aromatic nitrogens is 2. The minimum Gasteiger partial charge on any atom is -0.293 e. The van der Waals surface area contributed by atoms with Gasteiger partial charge in [0, 0.05) is 12.2 Å². The summed E-state index contributed by atoms with van der Waals surface area (Å²) < 4.78 is 16.1. The molecule has 0 radical (unpaired) electrons. The highest BCUT2D eigenvalue weighted by atomic mass is 32.2. The zero-order chi connectivity index (χ0) is 16.9. The van der Waals surface area contributed by atoms with E-state index in [0.717, 1.165) is 27.1 Å². The molecule has 0 atom stereocenters. The summed E-state index contributed by atoms with van der Waals surface area (Å²) in [7, 11) is 0. The number of carbonyl (C=O) groups is 1. The average Bonchev–Trinajstić information content (AvgIpc) is 3.22. The molecular formula is C16H13FN2OS4. The Balaban J connectivity index is 1.55. The second-order valence-electron chi connectivity index (χ2n) is 4.87. The number of benzene rings is 1. The summed E-state index contributed by atoms with van der Waals surface area (Å²) in [6.07, 6.45) is 1.34. The van der Waals surface area contributed by atoms with Gasteiger partial charge in [0.1, 0.15) is 5.82 Å². The van der Waals surface area contributed by atoms with Gasteiger partial charge in [-0.25, -0.2) is 9.07 Å². The molecule has 0 unspecified atom stereocenters. The van der Waals surface area contributed by atoms with E-state index >= 15 is 0 Å². The fourth-order valence-corrected chi connectivity index (χ4v) is 5.08. The van der Waals surface area contributed by atoms with Crippen LogP contribution < -0.4 is 0 Å². The lowest BCUT2D eigenvalue weighted by atomic mass is 10.2. The van der Waals surface area contributed by atoms with E-state index in [1.165, 1.54) is 34.8 Å². The number of halogens is 1. The Hall–Kier alpha value is -1.35. The molecule has 0 aliphatic rings. The number of hydrogen-bond donors (Lipinski definition) is 0. The fourth-order valence-electron chi connectivity index (χ4n) is 2.02. The van der Waals surface area contributed by atoms with Crippen LogP contribution in [0, 0.1) is 9.77 Å². The third kappa shape index (κ3) is 4.38. The summed E-state index contributed by atoms with van der Waals surface area (Å²) in [5, 5.41) is 6.38. The van der Waals surface area contributed by atoms with Gasteiger partial charge < -0.3 is 0 Å². The standard InChI is InChI=1S/C16H13FN2OS4/c17-11-5-7-12(8-6-11)19-16(21)24-15(18-19)23-10-1-3-13(20)14-4-2-9-22-14/h2,4-9H,1,3,10H2. The molecule has 124 valence electrons. The van der Waals surface area contributed by atoms with E-state index in [1.807, 2.05) is 17.5 Å². The summed E-state index contributed by atoms with van der Waals surface area (Å²) >= 11 is 9.81. The van der Waals surface area contributed by atoms with Crippen molar-refractivity contribution in [1.29, 1.82) is 0 Å². The van der Waals surface area contributed by atoms with Gasteiger partial charge in [0.25, 0.3) is 0 Å². The number of rotatable bonds is 7. The van der Waals surface area contributed by atoms with Crippen LogP contribution in [0.4, 0.5) is 4.39 Å². The first-order valence-corrected chi connectivity index (χ1v) is 10.3. The molecule has 2 aromatic heterocycles. The molecule has 0 saturated heterocycles. The number of carbonyl (C=O) groups excluding carboxylic acids is 1. The smallest absolute Gasteiger partial charge is 0.184 e. The van der Waals surface area contributed by atoms with Crippen molar-refractivity contribution in [3.8, 4) is 5.69 Å². The quantitative estimate of drug-likeness (QED) is 0.225. The van der Waals surface area contributed by atoms with Gasteiger partial charge in [-0.1, -0.05) is 29.2 Å². The van der Waals surface area contributed by atoms with Gasteiger partial charge in [0.05, 0.1) is 10.6 Å². The lowest BCUT2D eigenvalue weighted by molar-refractivity contribution is 0.0986. The number of thiophene rings is 1. The van der Waals surface area contributed by atoms with Crippen molar-refractivity contribution in [2.75, 3.05) is 5.75 Å². The van der Waals surface area contributed by atoms with Crippen LogP contribution in [0.5, 0.6) is 0 Å². The van der Waals surface area contributed by atoms with Gasteiger partial charge >= 0.3 is 0 Å². The predicted molar refractivity (Wildman–Crippen MR) is 101 cm³/mol. The van der Waals surface area contributed by atoms with Crippen LogP contribution in [0.2, 0.25) is 0 Å². The van der Waals surface area contributed by atoms with E-state index in [0.29, 0.717) is 10.4 Å². The molecule has 0 spiro atoms. The largest absolute Gasteiger partial charge is 0.293 e. The Morgan fingerprint density at radius 1 is 1.29 bits per heavy atom. The van der Waals surface area contributed by atoms with Crippen molar-refractivity contribution < 1.29 is 9.18 Å². The second-order valence-corrected chi connectivity index (χ2v) is 8.79. The van der Waals surface area contributed by atoms with Crippen molar-refractivity contribution in [2.24, 2.45) is 0 Å². The average molecular weight is 397 g/mol. The lowest BCUT2D eigenvalue weighted by Crippen LogP contribution is -1.97. The molecule has 0 aliphatic carbocycles. The molecule has 0 N–H and O–H groups in total. The van der Waals surface area contributed by atoms with Crippen molar-refractivity contribution >= 4 is 52.4 Å². The molecule has 3 rings (SSSR count). The molecule has 3 nitrogen and oxygen atoms in total. The molecule has 0 fully saturated rings. The van der Waals surface area contributed by atoms with E-state index in [4.69, 9.17) is 12.2 Å². The zero-order valence-corrected chi connectivity index (χ0v) is 15.7. The maximum Gasteiger partial charge on any atom is 0.184 e. The normalized spacial score (nSPS) is 10.9. The van der Waals surface area contributed by atoms with E-state index in [1.54, 1.807) is 28.6 Å². The van der Waals surface area contributed by atoms with E-state index in [9.17, 15) is 9.18 Å². The van der Waals surface area contributed by atoms with Gasteiger partial charge in [-0.05, 0) is 54.4 Å². The highest BCUT2D eigenvalue weighted by Crippen LogP contribution is 2.25. The topological polar surface area (TPSA) is 34.9 Å². The van der Waals surface area contributed by atoms with Crippen LogP contribution in [-0.4, -0.2) is 21.3 Å². The van der Waals surface area contributed by atoms with E-state index in [-0.39, 0.29) is 11.6 Å². The first-order valence-electron chi connectivity index (χ1n) is 7.19. The van der Waals surface area contributed by atoms with Gasteiger partial charge in [-0.15, -0.1) is 16.4 Å². The number of ketones is 1. The van der Waals surface area contributed by atoms with E-state index in [2.05, 4.69) is 5.10 Å². The number of nitrogens with zero attached hydrogens (tertiary/aromatic N) is 2. The number of thioether (sulfide) groups is 1. The van der Waals surface area contributed by atoms with Gasteiger partial charge in [0.2, 0.25) is 0 Å². The van der Waals surface area contributed by atoms with Gasteiger partial charge in [0.15, 0.2) is 14.1 Å². The fraction of sp³-hybridized carbons (Fsp3) is 0.188. The molecule has 3 aromatic rings. The first-order chi connectivity index (χ1) is 11.6. The molecule has 0 saturated carbocycles. The predicted octanol–water partition coefficient (Wildman–Crippen LogP) is 5.62. The number of hydrogen-bond acceptors (Lipinski definition) is 6. The molecule has 0 aliphatic heterocycles. The summed E-state index contributed by atoms with van der Waals surface area (Å²) in [6.45, 7) is 0. The Kier molecular flexibility index (Phi) is 5.94. The molecular weight excluding hydrogens is 383 g/mol. The van der Waals surface area contributed by atoms with Crippen molar-refractivity contribution in [3.05, 3.63) is 56.4 Å². The SMILES string of the molecule is O=C(CCCSc1nn(-c2ccc(F)cc2)c(=S)s1)c1cccs1. The maximum atomic E-state index is 13.0. The van der Waals surface area contributed by atoms with Gasteiger partial charge in [-0.2, -0.15) is 0 Å². The van der Waals surface area contributed by atoms with Crippen molar-refractivity contribution in [1.82, 2.24) is 9.78 Å². The summed E-state index contributed by atoms with van der Waals surface area (Å²) in [4.78, 5) is 12.7. The molecule has 24 heavy (non-hydrogen) atoms. The van der Waals surface area contributed by atoms with Crippen LogP contribution in [0.15, 0.2) is 46.1 Å². The minimum absolute atomic E-state index is 0.190. The Morgan fingerprint density at radius 3 is 2.79 bits per heavy atom. The van der Waals surface area contributed by atoms with Gasteiger partial charge in [-0.3, -0.25) is 4.79 Å². The first kappa shape index (κ1) is 17.5. The van der Waals surface area contributed by atoms with Crippen LogP contribution in [0.25, 0.3) is 5.69 Å². The third-order valence-electron chi connectivity index (χ3n) is 3.17. The van der Waals surface area contributed by atoms with E-state index < -0.39 is 0 Å². The minimum atomic E-state index is -0.287. The highest BCUT2D eigenvalue weighted by molar-refractivity contribution is 8.01. The third-order valence-corrected chi connectivity index (χ3v) is 6.53. The summed E-state index contributed by atoms with van der Waals surface area (Å²) in [5.41, 5.74) is 0.748. The molecule has 0 amide bonds. The summed E-state index contributed by atoms with van der Waals surface area (Å²) in [5.74, 6) is 0.712. The molecule has 1 aromatic carbocycles. The number of Topliss-reactive ketones (excluding diaryl/α,β-unsaturated/α-hetero) is 1. The Morgan fingerprint density at radius 2 is 2.08 bits per heavy atom. The Labute approximate surface area is 156 Å². The Bertz CT molecular complexity index is 868.